The highest BCUT2D eigenvalue weighted by molar-refractivity contribution is 6.31. The Morgan fingerprint density at radius 3 is 2.55 bits per heavy atom. The summed E-state index contributed by atoms with van der Waals surface area (Å²) in [5, 5.41) is 10.7. The van der Waals surface area contributed by atoms with Crippen LogP contribution in [0.25, 0.3) is 0 Å². The van der Waals surface area contributed by atoms with Crippen LogP contribution < -0.4 is 10.5 Å². The molecule has 1 aromatic carbocycles. The Hall–Kier alpha value is -0.770. The van der Waals surface area contributed by atoms with E-state index in [9.17, 15) is 5.11 Å². The van der Waals surface area contributed by atoms with Crippen LogP contribution in [0.15, 0.2) is 12.1 Å². The summed E-state index contributed by atoms with van der Waals surface area (Å²) >= 11 is 6.22. The molecule has 4 heteroatoms. The van der Waals surface area contributed by atoms with E-state index in [1.165, 1.54) is 0 Å². The first-order valence-corrected chi connectivity index (χ1v) is 7.61. The van der Waals surface area contributed by atoms with E-state index in [2.05, 4.69) is 13.8 Å². The van der Waals surface area contributed by atoms with Gasteiger partial charge in [-0.05, 0) is 55.9 Å². The summed E-state index contributed by atoms with van der Waals surface area (Å²) in [5.41, 5.74) is 7.76. The van der Waals surface area contributed by atoms with Gasteiger partial charge in [-0.15, -0.1) is 0 Å². The lowest BCUT2D eigenvalue weighted by atomic mass is 9.91. The summed E-state index contributed by atoms with van der Waals surface area (Å²) < 4.78 is 5.81. The van der Waals surface area contributed by atoms with Gasteiger partial charge < -0.3 is 15.6 Å². The van der Waals surface area contributed by atoms with E-state index >= 15 is 0 Å². The van der Waals surface area contributed by atoms with E-state index in [4.69, 9.17) is 22.1 Å². The Balaban J connectivity index is 2.98. The van der Waals surface area contributed by atoms with Crippen molar-refractivity contribution in [3.63, 3.8) is 0 Å². The summed E-state index contributed by atoms with van der Waals surface area (Å²) in [6.07, 6.45) is 1.03. The number of aliphatic hydroxyl groups is 1. The highest BCUT2D eigenvalue weighted by atomic mass is 35.5. The highest BCUT2D eigenvalue weighted by Gasteiger charge is 2.19. The third kappa shape index (κ3) is 4.65. The number of aryl methyl sites for hydroxylation is 1. The van der Waals surface area contributed by atoms with Crippen LogP contribution >= 0.6 is 11.6 Å². The summed E-state index contributed by atoms with van der Waals surface area (Å²) in [6, 6.07) is 3.68. The molecule has 3 nitrogen and oxygen atoms in total. The van der Waals surface area contributed by atoms with Crippen LogP contribution in [0.2, 0.25) is 5.02 Å². The second kappa shape index (κ2) is 7.87. The van der Waals surface area contributed by atoms with Crippen LogP contribution in [0, 0.1) is 6.92 Å². The quantitative estimate of drug-likeness (QED) is 0.808. The van der Waals surface area contributed by atoms with Crippen molar-refractivity contribution in [3.05, 3.63) is 28.3 Å². The third-order valence-electron chi connectivity index (χ3n) is 3.49. The molecule has 0 saturated heterocycles. The van der Waals surface area contributed by atoms with Crippen LogP contribution in [0.1, 0.15) is 50.7 Å². The van der Waals surface area contributed by atoms with Crippen molar-refractivity contribution in [3.8, 4) is 5.75 Å². The average Bonchev–Trinajstić information content (AvgIpc) is 2.39. The SMILES string of the molecule is CCCOc1cc(C)c(Cl)cc1C(C)CC(O)C(C)N. The molecule has 0 spiro atoms. The van der Waals surface area contributed by atoms with Gasteiger partial charge in [0.05, 0.1) is 12.7 Å². The number of halogens is 1. The molecule has 1 rings (SSSR count). The van der Waals surface area contributed by atoms with E-state index in [1.807, 2.05) is 26.0 Å². The van der Waals surface area contributed by atoms with Gasteiger partial charge in [-0.25, -0.2) is 0 Å². The van der Waals surface area contributed by atoms with Crippen molar-refractivity contribution in [2.75, 3.05) is 6.61 Å². The zero-order chi connectivity index (χ0) is 15.3. The number of hydrogen-bond donors (Lipinski definition) is 2. The van der Waals surface area contributed by atoms with Crippen LogP contribution in [0.4, 0.5) is 0 Å². The monoisotopic (exact) mass is 299 g/mol. The fourth-order valence-corrected chi connectivity index (χ4v) is 2.27. The van der Waals surface area contributed by atoms with Gasteiger partial charge in [0.15, 0.2) is 0 Å². The second-order valence-electron chi connectivity index (χ2n) is 5.55. The maximum Gasteiger partial charge on any atom is 0.123 e. The van der Waals surface area contributed by atoms with E-state index < -0.39 is 6.10 Å². The first-order chi connectivity index (χ1) is 9.36. The van der Waals surface area contributed by atoms with Crippen molar-refractivity contribution >= 4 is 11.6 Å². The van der Waals surface area contributed by atoms with Crippen LogP contribution in [0.5, 0.6) is 5.75 Å². The Labute approximate surface area is 127 Å². The molecular weight excluding hydrogens is 274 g/mol. The first-order valence-electron chi connectivity index (χ1n) is 7.23. The number of aliphatic hydroxyl groups excluding tert-OH is 1. The van der Waals surface area contributed by atoms with Crippen molar-refractivity contribution in [2.45, 2.75) is 58.6 Å². The molecule has 3 unspecified atom stereocenters. The number of rotatable bonds is 7. The smallest absolute Gasteiger partial charge is 0.123 e. The molecule has 0 heterocycles. The Bertz CT molecular complexity index is 435. The van der Waals surface area contributed by atoms with Crippen LogP contribution in [-0.4, -0.2) is 23.9 Å². The minimum Gasteiger partial charge on any atom is -0.493 e. The van der Waals surface area contributed by atoms with Crippen molar-refractivity contribution < 1.29 is 9.84 Å². The Kier molecular flexibility index (Phi) is 6.80. The molecule has 0 fully saturated rings. The molecule has 0 aliphatic carbocycles. The molecule has 0 saturated carbocycles. The summed E-state index contributed by atoms with van der Waals surface area (Å²) in [4.78, 5) is 0. The van der Waals surface area contributed by atoms with Crippen LogP contribution in [0.3, 0.4) is 0 Å². The predicted octanol–water partition coefficient (Wildman–Crippen LogP) is 3.64. The van der Waals surface area contributed by atoms with E-state index in [0.29, 0.717) is 13.0 Å². The maximum absolute atomic E-state index is 9.95. The normalized spacial score (nSPS) is 15.8. The Morgan fingerprint density at radius 2 is 2.00 bits per heavy atom. The zero-order valence-corrected chi connectivity index (χ0v) is 13.6. The molecule has 1 aromatic rings. The minimum absolute atomic E-state index is 0.140. The lowest BCUT2D eigenvalue weighted by Crippen LogP contribution is -2.32. The van der Waals surface area contributed by atoms with Gasteiger partial charge in [0, 0.05) is 11.1 Å². The lowest BCUT2D eigenvalue weighted by Gasteiger charge is -2.22. The molecule has 0 aromatic heterocycles. The summed E-state index contributed by atoms with van der Waals surface area (Å²) in [7, 11) is 0. The molecule has 0 bridgehead atoms. The molecule has 0 aliphatic heterocycles. The van der Waals surface area contributed by atoms with Crippen molar-refractivity contribution in [1.82, 2.24) is 0 Å². The van der Waals surface area contributed by atoms with E-state index in [-0.39, 0.29) is 12.0 Å². The maximum atomic E-state index is 9.95. The molecule has 114 valence electrons. The van der Waals surface area contributed by atoms with Gasteiger partial charge in [0.2, 0.25) is 0 Å². The molecule has 0 amide bonds. The number of ether oxygens (including phenoxy) is 1. The molecule has 0 radical (unpaired) electrons. The molecular formula is C16H26ClNO2. The predicted molar refractivity (Wildman–Crippen MR) is 84.7 cm³/mol. The fraction of sp³-hybridized carbons (Fsp3) is 0.625. The van der Waals surface area contributed by atoms with Gasteiger partial charge in [0.25, 0.3) is 0 Å². The van der Waals surface area contributed by atoms with E-state index in [0.717, 1.165) is 28.3 Å². The zero-order valence-electron chi connectivity index (χ0n) is 12.8. The largest absolute Gasteiger partial charge is 0.493 e. The van der Waals surface area contributed by atoms with Crippen LogP contribution in [-0.2, 0) is 0 Å². The van der Waals surface area contributed by atoms with Gasteiger partial charge in [-0.2, -0.15) is 0 Å². The fourth-order valence-electron chi connectivity index (χ4n) is 2.10. The third-order valence-corrected chi connectivity index (χ3v) is 3.89. The second-order valence-corrected chi connectivity index (χ2v) is 5.96. The standard InChI is InChI=1S/C16H26ClNO2/c1-5-6-20-16-8-11(3)14(17)9-13(16)10(2)7-15(19)12(4)18/h8-10,12,15,19H,5-7,18H2,1-4H3. The lowest BCUT2D eigenvalue weighted by molar-refractivity contribution is 0.134. The number of hydrogen-bond acceptors (Lipinski definition) is 3. The highest BCUT2D eigenvalue weighted by Crippen LogP contribution is 2.34. The van der Waals surface area contributed by atoms with E-state index in [1.54, 1.807) is 0 Å². The van der Waals surface area contributed by atoms with Gasteiger partial charge in [-0.3, -0.25) is 0 Å². The molecule has 3 N–H and O–H groups in total. The summed E-state index contributed by atoms with van der Waals surface area (Å²) in [5.74, 6) is 0.999. The first kappa shape index (κ1) is 17.3. The van der Waals surface area contributed by atoms with Crippen molar-refractivity contribution in [2.24, 2.45) is 5.73 Å². The molecule has 0 aliphatic rings. The molecule has 20 heavy (non-hydrogen) atoms. The topological polar surface area (TPSA) is 55.5 Å². The van der Waals surface area contributed by atoms with Crippen molar-refractivity contribution in [1.29, 1.82) is 0 Å². The minimum atomic E-state index is -0.524. The number of nitrogens with two attached hydrogens (primary N) is 1. The average molecular weight is 300 g/mol. The Morgan fingerprint density at radius 1 is 1.35 bits per heavy atom. The van der Waals surface area contributed by atoms with Gasteiger partial charge in [-0.1, -0.05) is 25.4 Å². The molecule has 3 atom stereocenters. The van der Waals surface area contributed by atoms with Gasteiger partial charge in [0.1, 0.15) is 5.75 Å². The van der Waals surface area contributed by atoms with Gasteiger partial charge >= 0.3 is 0 Å². The summed E-state index contributed by atoms with van der Waals surface area (Å²) in [6.45, 7) is 8.59. The number of benzene rings is 1.